The van der Waals surface area contributed by atoms with E-state index in [2.05, 4.69) is 16.5 Å². The number of carbonyl (C=O) groups is 1. The third-order valence-corrected chi connectivity index (χ3v) is 4.70. The van der Waals surface area contributed by atoms with E-state index in [0.717, 1.165) is 25.9 Å². The van der Waals surface area contributed by atoms with Crippen molar-refractivity contribution in [1.29, 1.82) is 0 Å². The van der Waals surface area contributed by atoms with Crippen LogP contribution in [0.1, 0.15) is 29.8 Å². The quantitative estimate of drug-likeness (QED) is 0.611. The van der Waals surface area contributed by atoms with Crippen LogP contribution in [0.4, 0.5) is 0 Å². The Morgan fingerprint density at radius 2 is 2.52 bits per heavy atom. The minimum atomic E-state index is -0.123. The third kappa shape index (κ3) is 3.43. The normalized spacial score (nSPS) is 27.3. The molecule has 0 N–H and O–H groups in total. The van der Waals surface area contributed by atoms with Crippen LogP contribution in [0.25, 0.3) is 0 Å². The number of piperidine rings is 1. The SMILES string of the molecule is C=CCOC[C@]12CCCO[C@@H]1CCN(C(=O)c1ccncn1)C2. The topological polar surface area (TPSA) is 64.6 Å². The molecule has 0 radical (unpaired) electrons. The van der Waals surface area contributed by atoms with E-state index in [1.54, 1.807) is 18.3 Å². The Morgan fingerprint density at radius 1 is 1.61 bits per heavy atom. The van der Waals surface area contributed by atoms with Crippen LogP contribution in [0, 0.1) is 5.41 Å². The van der Waals surface area contributed by atoms with Crippen LogP contribution in [0.15, 0.2) is 31.2 Å². The van der Waals surface area contributed by atoms with E-state index in [1.165, 1.54) is 6.33 Å². The van der Waals surface area contributed by atoms with Gasteiger partial charge in [-0.25, -0.2) is 9.97 Å². The number of hydrogen-bond acceptors (Lipinski definition) is 5. The average Bonchev–Trinajstić information content (AvgIpc) is 2.61. The first-order chi connectivity index (χ1) is 11.2. The van der Waals surface area contributed by atoms with E-state index in [-0.39, 0.29) is 17.4 Å². The van der Waals surface area contributed by atoms with Crippen molar-refractivity contribution >= 4 is 5.91 Å². The smallest absolute Gasteiger partial charge is 0.272 e. The Balaban J connectivity index is 1.75. The summed E-state index contributed by atoms with van der Waals surface area (Å²) in [5.41, 5.74) is 0.319. The molecular weight excluding hydrogens is 294 g/mol. The lowest BCUT2D eigenvalue weighted by Gasteiger charge is -2.50. The number of carbonyl (C=O) groups excluding carboxylic acids is 1. The maximum absolute atomic E-state index is 12.7. The summed E-state index contributed by atoms with van der Waals surface area (Å²) in [6, 6.07) is 1.66. The fourth-order valence-corrected chi connectivity index (χ4v) is 3.60. The molecule has 3 rings (SSSR count). The molecule has 1 aromatic rings. The van der Waals surface area contributed by atoms with Crippen molar-refractivity contribution in [3.63, 3.8) is 0 Å². The summed E-state index contributed by atoms with van der Waals surface area (Å²) in [5, 5.41) is 0. The van der Waals surface area contributed by atoms with Gasteiger partial charge in [0.2, 0.25) is 0 Å². The molecule has 2 aliphatic rings. The predicted octanol–water partition coefficient (Wildman–Crippen LogP) is 1.69. The van der Waals surface area contributed by atoms with Crippen LogP contribution in [0.3, 0.4) is 0 Å². The van der Waals surface area contributed by atoms with Crippen molar-refractivity contribution < 1.29 is 14.3 Å². The second-order valence-electron chi connectivity index (χ2n) is 6.24. The van der Waals surface area contributed by atoms with Crippen LogP contribution >= 0.6 is 0 Å². The lowest BCUT2D eigenvalue weighted by Crippen LogP contribution is -2.58. The summed E-state index contributed by atoms with van der Waals surface area (Å²) in [6.45, 7) is 6.95. The molecule has 0 unspecified atom stereocenters. The number of aromatic nitrogens is 2. The molecule has 1 amide bonds. The van der Waals surface area contributed by atoms with Crippen LogP contribution in [-0.4, -0.2) is 59.8 Å². The van der Waals surface area contributed by atoms with Crippen LogP contribution < -0.4 is 0 Å². The lowest BCUT2D eigenvalue weighted by atomic mass is 9.73. The molecule has 124 valence electrons. The zero-order valence-electron chi connectivity index (χ0n) is 13.3. The summed E-state index contributed by atoms with van der Waals surface area (Å²) >= 11 is 0. The van der Waals surface area contributed by atoms with Gasteiger partial charge < -0.3 is 14.4 Å². The summed E-state index contributed by atoms with van der Waals surface area (Å²) in [6.07, 6.45) is 7.78. The maximum Gasteiger partial charge on any atom is 0.272 e. The monoisotopic (exact) mass is 317 g/mol. The van der Waals surface area contributed by atoms with Gasteiger partial charge in [0.05, 0.1) is 19.3 Å². The Kier molecular flexibility index (Phi) is 5.03. The summed E-state index contributed by atoms with van der Waals surface area (Å²) in [5.74, 6) is -0.0421. The largest absolute Gasteiger partial charge is 0.377 e. The Morgan fingerprint density at radius 3 is 3.30 bits per heavy atom. The van der Waals surface area contributed by atoms with Gasteiger partial charge in [-0.1, -0.05) is 6.08 Å². The highest BCUT2D eigenvalue weighted by Gasteiger charge is 2.47. The Labute approximate surface area is 136 Å². The highest BCUT2D eigenvalue weighted by Crippen LogP contribution is 2.40. The maximum atomic E-state index is 12.7. The number of ether oxygens (including phenoxy) is 2. The number of amides is 1. The summed E-state index contributed by atoms with van der Waals surface area (Å²) < 4.78 is 11.7. The first-order valence-electron chi connectivity index (χ1n) is 8.11. The van der Waals surface area contributed by atoms with E-state index in [4.69, 9.17) is 9.47 Å². The molecule has 0 aliphatic carbocycles. The predicted molar refractivity (Wildman–Crippen MR) is 85.0 cm³/mol. The molecular formula is C17H23N3O3. The molecule has 2 fully saturated rings. The van der Waals surface area contributed by atoms with E-state index in [0.29, 0.717) is 32.0 Å². The second-order valence-corrected chi connectivity index (χ2v) is 6.24. The van der Waals surface area contributed by atoms with Crippen LogP contribution in [0.2, 0.25) is 0 Å². The Hall–Kier alpha value is -1.79. The van der Waals surface area contributed by atoms with Gasteiger partial charge in [-0.05, 0) is 25.3 Å². The first kappa shape index (κ1) is 16.1. The molecule has 2 saturated heterocycles. The van der Waals surface area contributed by atoms with Gasteiger partial charge in [0.15, 0.2) is 0 Å². The van der Waals surface area contributed by atoms with Gasteiger partial charge in [0.1, 0.15) is 12.0 Å². The highest BCUT2D eigenvalue weighted by atomic mass is 16.5. The Bertz CT molecular complexity index is 551. The van der Waals surface area contributed by atoms with Crippen LogP contribution in [-0.2, 0) is 9.47 Å². The van der Waals surface area contributed by atoms with Gasteiger partial charge in [0.25, 0.3) is 5.91 Å². The van der Waals surface area contributed by atoms with Gasteiger partial charge in [-0.3, -0.25) is 4.79 Å². The molecule has 6 nitrogen and oxygen atoms in total. The molecule has 3 heterocycles. The molecule has 6 heteroatoms. The standard InChI is InChI=1S/C17H23N3O3/c1-2-9-22-12-17-6-3-10-23-15(17)5-8-20(11-17)16(21)14-4-7-18-13-19-14/h2,4,7,13,15H,1,3,5-6,8-12H2/t15-,17-/m1/s1. The number of fused-ring (bicyclic) bond motifs is 1. The fraction of sp³-hybridized carbons (Fsp3) is 0.588. The molecule has 23 heavy (non-hydrogen) atoms. The van der Waals surface area contributed by atoms with Gasteiger partial charge in [0, 0.05) is 31.3 Å². The van der Waals surface area contributed by atoms with Crippen molar-refractivity contribution in [2.24, 2.45) is 5.41 Å². The van der Waals surface area contributed by atoms with Crippen molar-refractivity contribution in [3.05, 3.63) is 36.9 Å². The average molecular weight is 317 g/mol. The van der Waals surface area contributed by atoms with Crippen molar-refractivity contribution in [3.8, 4) is 0 Å². The molecule has 2 atom stereocenters. The second kappa shape index (κ2) is 7.19. The van der Waals surface area contributed by atoms with E-state index in [9.17, 15) is 4.79 Å². The van der Waals surface area contributed by atoms with E-state index in [1.807, 2.05) is 4.90 Å². The van der Waals surface area contributed by atoms with Gasteiger partial charge in [-0.2, -0.15) is 0 Å². The molecule has 0 spiro atoms. The molecule has 0 aromatic carbocycles. The van der Waals surface area contributed by atoms with E-state index >= 15 is 0 Å². The van der Waals surface area contributed by atoms with Gasteiger partial charge >= 0.3 is 0 Å². The highest BCUT2D eigenvalue weighted by molar-refractivity contribution is 5.92. The minimum absolute atomic E-state index is 0.0421. The number of nitrogens with zero attached hydrogens (tertiary/aromatic N) is 3. The summed E-state index contributed by atoms with van der Waals surface area (Å²) in [4.78, 5) is 22.5. The minimum Gasteiger partial charge on any atom is -0.377 e. The van der Waals surface area contributed by atoms with Crippen molar-refractivity contribution in [1.82, 2.24) is 14.9 Å². The number of likely N-dealkylation sites (tertiary alicyclic amines) is 1. The zero-order valence-corrected chi connectivity index (χ0v) is 13.3. The fourth-order valence-electron chi connectivity index (χ4n) is 3.60. The number of hydrogen-bond donors (Lipinski definition) is 0. The van der Waals surface area contributed by atoms with Crippen LogP contribution in [0.5, 0.6) is 0 Å². The summed E-state index contributed by atoms with van der Waals surface area (Å²) in [7, 11) is 0. The third-order valence-electron chi connectivity index (χ3n) is 4.70. The zero-order chi connectivity index (χ0) is 16.1. The van der Waals surface area contributed by atoms with Crippen molar-refractivity contribution in [2.75, 3.05) is 32.9 Å². The van der Waals surface area contributed by atoms with Gasteiger partial charge in [-0.15, -0.1) is 6.58 Å². The molecule has 1 aromatic heterocycles. The molecule has 0 saturated carbocycles. The molecule has 2 aliphatic heterocycles. The molecule has 0 bridgehead atoms. The lowest BCUT2D eigenvalue weighted by molar-refractivity contribution is -0.144. The van der Waals surface area contributed by atoms with E-state index < -0.39 is 0 Å². The first-order valence-corrected chi connectivity index (χ1v) is 8.11. The number of rotatable bonds is 5. The van der Waals surface area contributed by atoms with Crippen molar-refractivity contribution in [2.45, 2.75) is 25.4 Å².